The van der Waals surface area contributed by atoms with Crippen LogP contribution in [0.5, 0.6) is 0 Å². The number of sulfonamides is 1. The van der Waals surface area contributed by atoms with Crippen LogP contribution < -0.4 is 10.5 Å². The summed E-state index contributed by atoms with van der Waals surface area (Å²) < 4.78 is 28.9. The average molecular weight is 572 g/mol. The standard InChI is InChI=1S/C24H34ClN5O7S/c1-4-5-6-20-27-22(25)19(14-31)29(20)12-16-7-9-17(10-8-16)38(36,37)28-21(32)13-30(35)24(34)18(23(26)33)11-15(2)3/h7-10,15,18,31,35H,4-6,11-14H2,1-3H3,(H2,26,33)(H,28,32). The van der Waals surface area contributed by atoms with E-state index >= 15 is 0 Å². The van der Waals surface area contributed by atoms with Crippen molar-refractivity contribution in [3.63, 3.8) is 0 Å². The van der Waals surface area contributed by atoms with Crippen LogP contribution in [0, 0.1) is 11.8 Å². The second-order valence-corrected chi connectivity index (χ2v) is 11.3. The van der Waals surface area contributed by atoms with E-state index < -0.39 is 40.2 Å². The number of primary amides is 1. The molecule has 1 aromatic carbocycles. The maximum Gasteiger partial charge on any atom is 0.264 e. The zero-order valence-corrected chi connectivity index (χ0v) is 23.1. The molecular formula is C24H34ClN5O7S. The Morgan fingerprint density at radius 2 is 1.84 bits per heavy atom. The fraction of sp³-hybridized carbons (Fsp3) is 0.500. The molecule has 0 spiro atoms. The maximum absolute atomic E-state index is 12.7. The van der Waals surface area contributed by atoms with Gasteiger partial charge in [0.15, 0.2) is 5.15 Å². The van der Waals surface area contributed by atoms with Gasteiger partial charge in [-0.3, -0.25) is 19.6 Å². The Hall–Kier alpha value is -3.00. The summed E-state index contributed by atoms with van der Waals surface area (Å²) in [4.78, 5) is 40.3. The molecule has 38 heavy (non-hydrogen) atoms. The van der Waals surface area contributed by atoms with Gasteiger partial charge in [-0.1, -0.05) is 50.9 Å². The number of halogens is 1. The number of rotatable bonds is 14. The lowest BCUT2D eigenvalue weighted by Gasteiger charge is -2.20. The van der Waals surface area contributed by atoms with Crippen LogP contribution in [-0.4, -0.2) is 57.6 Å². The highest BCUT2D eigenvalue weighted by Gasteiger charge is 2.31. The van der Waals surface area contributed by atoms with Crippen LogP contribution in [0.3, 0.4) is 0 Å². The molecule has 3 amide bonds. The number of hydrogen-bond acceptors (Lipinski definition) is 8. The number of carbonyl (C=O) groups excluding carboxylic acids is 3. The highest BCUT2D eigenvalue weighted by molar-refractivity contribution is 7.90. The van der Waals surface area contributed by atoms with Gasteiger partial charge >= 0.3 is 0 Å². The normalized spacial score (nSPS) is 12.4. The number of carbonyl (C=O) groups is 3. The van der Waals surface area contributed by atoms with Crippen LogP contribution in [0.1, 0.15) is 57.1 Å². The van der Waals surface area contributed by atoms with Crippen molar-refractivity contribution < 1.29 is 33.1 Å². The number of benzene rings is 1. The van der Waals surface area contributed by atoms with Gasteiger partial charge in [0, 0.05) is 13.0 Å². The summed E-state index contributed by atoms with van der Waals surface area (Å²) in [7, 11) is -4.33. The summed E-state index contributed by atoms with van der Waals surface area (Å²) in [5.74, 6) is -3.97. The highest BCUT2D eigenvalue weighted by atomic mass is 35.5. The monoisotopic (exact) mass is 571 g/mol. The first-order valence-corrected chi connectivity index (χ1v) is 14.0. The SMILES string of the molecule is CCCCc1nc(Cl)c(CO)n1Cc1ccc(S(=O)(=O)NC(=O)CN(O)C(=O)C(CC(C)C)C(N)=O)cc1. The number of imidazole rings is 1. The van der Waals surface area contributed by atoms with Crippen LogP contribution in [-0.2, 0) is 44.0 Å². The van der Waals surface area contributed by atoms with Crippen molar-refractivity contribution in [3.05, 3.63) is 46.5 Å². The van der Waals surface area contributed by atoms with Crippen molar-refractivity contribution in [1.82, 2.24) is 19.3 Å². The van der Waals surface area contributed by atoms with Gasteiger partial charge in [-0.15, -0.1) is 0 Å². The third-order valence-corrected chi connectivity index (χ3v) is 7.42. The van der Waals surface area contributed by atoms with Crippen LogP contribution in [0.4, 0.5) is 0 Å². The summed E-state index contributed by atoms with van der Waals surface area (Å²) in [5.41, 5.74) is 6.38. The summed E-state index contributed by atoms with van der Waals surface area (Å²) in [6, 6.07) is 5.68. The van der Waals surface area contributed by atoms with Gasteiger partial charge in [0.25, 0.3) is 21.8 Å². The van der Waals surface area contributed by atoms with Crippen LogP contribution in [0.25, 0.3) is 0 Å². The third kappa shape index (κ3) is 8.25. The predicted molar refractivity (Wildman–Crippen MR) is 138 cm³/mol. The summed E-state index contributed by atoms with van der Waals surface area (Å²) in [5, 5.41) is 19.9. The Morgan fingerprint density at radius 1 is 1.21 bits per heavy atom. The lowest BCUT2D eigenvalue weighted by molar-refractivity contribution is -0.174. The van der Waals surface area contributed by atoms with Crippen molar-refractivity contribution in [1.29, 1.82) is 0 Å². The molecule has 2 aromatic rings. The van der Waals surface area contributed by atoms with Gasteiger partial charge in [-0.2, -0.15) is 0 Å². The minimum Gasteiger partial charge on any atom is -0.390 e. The van der Waals surface area contributed by atoms with Gasteiger partial charge in [0.2, 0.25) is 5.91 Å². The molecule has 0 aliphatic rings. The van der Waals surface area contributed by atoms with E-state index in [4.69, 9.17) is 17.3 Å². The number of unbranched alkanes of at least 4 members (excludes halogenated alkanes) is 1. The molecule has 0 aliphatic heterocycles. The van der Waals surface area contributed by atoms with Gasteiger partial charge in [0.1, 0.15) is 18.3 Å². The molecule has 1 aromatic heterocycles. The third-order valence-electron chi connectivity index (χ3n) is 5.73. The van der Waals surface area contributed by atoms with Crippen LogP contribution in [0.15, 0.2) is 29.2 Å². The fourth-order valence-corrected chi connectivity index (χ4v) is 5.01. The molecule has 0 radical (unpaired) electrons. The van der Waals surface area contributed by atoms with Crippen molar-refractivity contribution in [2.75, 3.05) is 6.54 Å². The maximum atomic E-state index is 12.7. The minimum atomic E-state index is -4.33. The minimum absolute atomic E-state index is 0.0170. The summed E-state index contributed by atoms with van der Waals surface area (Å²) >= 11 is 6.16. The van der Waals surface area contributed by atoms with E-state index in [-0.39, 0.29) is 34.1 Å². The molecule has 0 aliphatic carbocycles. The highest BCUT2D eigenvalue weighted by Crippen LogP contribution is 2.21. The molecule has 0 saturated carbocycles. The molecule has 5 N–H and O–H groups in total. The molecule has 2 rings (SSSR count). The van der Waals surface area contributed by atoms with E-state index in [1.807, 2.05) is 6.92 Å². The molecule has 0 saturated heterocycles. The summed E-state index contributed by atoms with van der Waals surface area (Å²) in [6.07, 6.45) is 2.55. The fourth-order valence-electron chi connectivity index (χ4n) is 3.77. The Balaban J connectivity index is 2.10. The first-order chi connectivity index (χ1) is 17.8. The molecular weight excluding hydrogens is 538 g/mol. The largest absolute Gasteiger partial charge is 0.390 e. The van der Waals surface area contributed by atoms with E-state index in [0.29, 0.717) is 30.0 Å². The van der Waals surface area contributed by atoms with E-state index in [0.717, 1.165) is 12.8 Å². The molecule has 0 bridgehead atoms. The van der Waals surface area contributed by atoms with E-state index in [9.17, 15) is 33.1 Å². The number of aromatic nitrogens is 2. The van der Waals surface area contributed by atoms with Crippen molar-refractivity contribution in [2.24, 2.45) is 17.6 Å². The lowest BCUT2D eigenvalue weighted by Crippen LogP contribution is -2.46. The zero-order chi connectivity index (χ0) is 28.6. The number of hydrogen-bond donors (Lipinski definition) is 4. The quantitative estimate of drug-likeness (QED) is 0.149. The number of aryl methyl sites for hydroxylation is 1. The lowest BCUT2D eigenvalue weighted by atomic mass is 9.95. The van der Waals surface area contributed by atoms with Gasteiger partial charge in [-0.05, 0) is 36.5 Å². The first kappa shape index (κ1) is 31.2. The van der Waals surface area contributed by atoms with Crippen LogP contribution >= 0.6 is 11.6 Å². The number of hydroxylamine groups is 2. The molecule has 1 heterocycles. The molecule has 14 heteroatoms. The molecule has 210 valence electrons. The Bertz CT molecular complexity index is 1250. The topological polar surface area (TPSA) is 185 Å². The second kappa shape index (κ2) is 13.7. The van der Waals surface area contributed by atoms with E-state index in [1.165, 1.54) is 12.1 Å². The molecule has 0 fully saturated rings. The van der Waals surface area contributed by atoms with E-state index in [1.54, 1.807) is 35.3 Å². The number of amides is 3. The van der Waals surface area contributed by atoms with Gasteiger partial charge in [0.05, 0.1) is 17.2 Å². The number of nitrogens with zero attached hydrogens (tertiary/aromatic N) is 3. The zero-order valence-electron chi connectivity index (χ0n) is 21.6. The van der Waals surface area contributed by atoms with Gasteiger partial charge in [-0.25, -0.2) is 23.2 Å². The molecule has 1 atom stereocenters. The summed E-state index contributed by atoms with van der Waals surface area (Å²) in [6.45, 7) is 4.51. The Morgan fingerprint density at radius 3 is 2.37 bits per heavy atom. The number of aliphatic hydroxyl groups excluding tert-OH is 1. The average Bonchev–Trinajstić information content (AvgIpc) is 3.13. The predicted octanol–water partition coefficient (Wildman–Crippen LogP) is 1.59. The Kier molecular flexibility index (Phi) is 11.2. The van der Waals surface area contributed by atoms with E-state index in [2.05, 4.69) is 4.98 Å². The van der Waals surface area contributed by atoms with Crippen molar-refractivity contribution >= 4 is 39.3 Å². The Labute approximate surface area is 226 Å². The van der Waals surface area contributed by atoms with Gasteiger partial charge < -0.3 is 15.4 Å². The number of nitrogens with two attached hydrogens (primary N) is 1. The smallest absolute Gasteiger partial charge is 0.264 e. The van der Waals surface area contributed by atoms with Crippen molar-refractivity contribution in [2.45, 2.75) is 64.5 Å². The first-order valence-electron chi connectivity index (χ1n) is 12.1. The van der Waals surface area contributed by atoms with Crippen molar-refractivity contribution in [3.8, 4) is 0 Å². The molecule has 12 nitrogen and oxygen atoms in total. The van der Waals surface area contributed by atoms with Crippen LogP contribution in [0.2, 0.25) is 5.15 Å². The number of nitrogens with one attached hydrogen (secondary N) is 1. The molecule has 1 unspecified atom stereocenters. The number of aliphatic hydroxyl groups is 1. The second-order valence-electron chi connectivity index (χ2n) is 9.27.